The summed E-state index contributed by atoms with van der Waals surface area (Å²) in [6.45, 7) is 9.00. The van der Waals surface area contributed by atoms with Crippen molar-refractivity contribution >= 4 is 0 Å². The Bertz CT molecular complexity index is 324. The molecule has 1 unspecified atom stereocenters. The van der Waals surface area contributed by atoms with E-state index in [0.29, 0.717) is 11.8 Å². The van der Waals surface area contributed by atoms with Gasteiger partial charge in [0.25, 0.3) is 0 Å². The minimum absolute atomic E-state index is 0.334. The van der Waals surface area contributed by atoms with Gasteiger partial charge in [0.2, 0.25) is 0 Å². The van der Waals surface area contributed by atoms with Crippen molar-refractivity contribution < 1.29 is 5.11 Å². The molecule has 0 aromatic rings. The molecule has 0 bridgehead atoms. The number of hydrogen-bond acceptors (Lipinski definition) is 1. The van der Waals surface area contributed by atoms with Crippen LogP contribution in [0.5, 0.6) is 0 Å². The van der Waals surface area contributed by atoms with E-state index in [1.165, 1.54) is 18.4 Å². The SMILES string of the molecule is CC1=C[C@@H]2C(=CC1O)[C@@H](C)CC[C@H]2C(C)C. The van der Waals surface area contributed by atoms with Gasteiger partial charge in [-0.25, -0.2) is 0 Å². The number of aliphatic hydroxyl groups excluding tert-OH is 1. The van der Waals surface area contributed by atoms with Gasteiger partial charge in [0.1, 0.15) is 0 Å². The molecule has 0 radical (unpaired) electrons. The predicted molar refractivity (Wildman–Crippen MR) is 68.1 cm³/mol. The average Bonchev–Trinajstić information content (AvgIpc) is 2.21. The molecule has 0 heterocycles. The van der Waals surface area contributed by atoms with E-state index in [1.807, 2.05) is 0 Å². The summed E-state index contributed by atoms with van der Waals surface area (Å²) in [7, 11) is 0. The molecule has 0 spiro atoms. The Morgan fingerprint density at radius 2 is 1.94 bits per heavy atom. The highest BCUT2D eigenvalue weighted by atomic mass is 16.3. The molecule has 0 aromatic heterocycles. The lowest BCUT2D eigenvalue weighted by atomic mass is 9.65. The molecule has 0 saturated heterocycles. The molecule has 4 atom stereocenters. The molecular weight excluding hydrogens is 196 g/mol. The second-order valence-electron chi connectivity index (χ2n) is 5.93. The molecule has 0 aliphatic heterocycles. The van der Waals surface area contributed by atoms with E-state index in [9.17, 15) is 5.11 Å². The van der Waals surface area contributed by atoms with Gasteiger partial charge in [0, 0.05) is 5.92 Å². The zero-order chi connectivity index (χ0) is 11.9. The van der Waals surface area contributed by atoms with Crippen LogP contribution in [0.2, 0.25) is 0 Å². The van der Waals surface area contributed by atoms with Gasteiger partial charge in [-0.2, -0.15) is 0 Å². The van der Waals surface area contributed by atoms with Crippen LogP contribution in [-0.4, -0.2) is 11.2 Å². The Morgan fingerprint density at radius 1 is 1.25 bits per heavy atom. The number of hydrogen-bond donors (Lipinski definition) is 1. The maximum absolute atomic E-state index is 9.91. The Balaban J connectivity index is 2.31. The van der Waals surface area contributed by atoms with Gasteiger partial charge in [-0.05, 0) is 43.1 Å². The van der Waals surface area contributed by atoms with Gasteiger partial charge >= 0.3 is 0 Å². The molecule has 16 heavy (non-hydrogen) atoms. The lowest BCUT2D eigenvalue weighted by Gasteiger charge is -2.41. The number of rotatable bonds is 1. The normalized spacial score (nSPS) is 39.1. The second kappa shape index (κ2) is 4.37. The molecular formula is C15H24O. The maximum Gasteiger partial charge on any atom is 0.0932 e. The van der Waals surface area contributed by atoms with Crippen molar-refractivity contribution in [2.45, 2.75) is 46.6 Å². The van der Waals surface area contributed by atoms with Crippen molar-refractivity contribution in [3.05, 3.63) is 23.3 Å². The Morgan fingerprint density at radius 3 is 2.56 bits per heavy atom. The lowest BCUT2D eigenvalue weighted by Crippen LogP contribution is -2.32. The van der Waals surface area contributed by atoms with E-state index < -0.39 is 0 Å². The smallest absolute Gasteiger partial charge is 0.0932 e. The molecule has 1 nitrogen and oxygen atoms in total. The maximum atomic E-state index is 9.91. The van der Waals surface area contributed by atoms with Crippen molar-refractivity contribution in [3.63, 3.8) is 0 Å². The van der Waals surface area contributed by atoms with Crippen molar-refractivity contribution in [1.82, 2.24) is 0 Å². The van der Waals surface area contributed by atoms with Gasteiger partial charge in [-0.3, -0.25) is 0 Å². The topological polar surface area (TPSA) is 20.2 Å². The summed E-state index contributed by atoms with van der Waals surface area (Å²) >= 11 is 0. The van der Waals surface area contributed by atoms with E-state index in [-0.39, 0.29) is 6.10 Å². The highest BCUT2D eigenvalue weighted by Crippen LogP contribution is 2.45. The van der Waals surface area contributed by atoms with Crippen LogP contribution in [0.3, 0.4) is 0 Å². The minimum Gasteiger partial charge on any atom is -0.385 e. The summed E-state index contributed by atoms with van der Waals surface area (Å²) < 4.78 is 0. The van der Waals surface area contributed by atoms with Crippen LogP contribution in [0.4, 0.5) is 0 Å². The number of aliphatic hydroxyl groups is 1. The Hall–Kier alpha value is -0.560. The molecule has 1 fully saturated rings. The van der Waals surface area contributed by atoms with Crippen molar-refractivity contribution in [2.24, 2.45) is 23.7 Å². The molecule has 1 heteroatoms. The standard InChI is InChI=1S/C15H24O/c1-9(2)12-6-5-10(3)13-8-15(16)11(4)7-14(12)13/h7-10,12,14-16H,5-6H2,1-4H3/t10-,12-,14-,15?/m0/s1. The first-order valence-corrected chi connectivity index (χ1v) is 6.58. The fraction of sp³-hybridized carbons (Fsp3) is 0.733. The summed E-state index contributed by atoms with van der Waals surface area (Å²) in [5.74, 6) is 2.75. The molecule has 2 aliphatic rings. The molecule has 0 amide bonds. The average molecular weight is 220 g/mol. The van der Waals surface area contributed by atoms with Crippen LogP contribution < -0.4 is 0 Å². The van der Waals surface area contributed by atoms with E-state index >= 15 is 0 Å². The monoisotopic (exact) mass is 220 g/mol. The minimum atomic E-state index is -0.334. The molecule has 2 rings (SSSR count). The van der Waals surface area contributed by atoms with Crippen molar-refractivity contribution in [2.75, 3.05) is 0 Å². The van der Waals surface area contributed by atoms with Gasteiger partial charge in [-0.15, -0.1) is 0 Å². The van der Waals surface area contributed by atoms with Gasteiger partial charge in [-0.1, -0.05) is 38.5 Å². The molecule has 1 saturated carbocycles. The number of fused-ring (bicyclic) bond motifs is 1. The highest BCUT2D eigenvalue weighted by molar-refractivity contribution is 5.32. The second-order valence-corrected chi connectivity index (χ2v) is 5.93. The van der Waals surface area contributed by atoms with E-state index in [2.05, 4.69) is 39.8 Å². The van der Waals surface area contributed by atoms with Crippen LogP contribution in [-0.2, 0) is 0 Å². The zero-order valence-corrected chi connectivity index (χ0v) is 10.9. The first-order valence-electron chi connectivity index (χ1n) is 6.58. The predicted octanol–water partition coefficient (Wildman–Crippen LogP) is 3.55. The fourth-order valence-electron chi connectivity index (χ4n) is 3.30. The first kappa shape index (κ1) is 11.9. The Kier molecular flexibility index (Phi) is 3.25. The van der Waals surface area contributed by atoms with E-state index in [0.717, 1.165) is 17.4 Å². The highest BCUT2D eigenvalue weighted by Gasteiger charge is 2.35. The number of allylic oxidation sites excluding steroid dienone is 2. The largest absolute Gasteiger partial charge is 0.385 e. The summed E-state index contributed by atoms with van der Waals surface area (Å²) in [6.07, 6.45) is 6.71. The summed E-state index contributed by atoms with van der Waals surface area (Å²) in [5, 5.41) is 9.91. The first-order chi connectivity index (χ1) is 7.50. The summed E-state index contributed by atoms with van der Waals surface area (Å²) in [4.78, 5) is 0. The molecule has 1 N–H and O–H groups in total. The lowest BCUT2D eigenvalue weighted by molar-refractivity contribution is 0.209. The van der Waals surface area contributed by atoms with Crippen molar-refractivity contribution in [3.8, 4) is 0 Å². The molecule has 0 aromatic carbocycles. The fourth-order valence-corrected chi connectivity index (χ4v) is 3.30. The molecule has 90 valence electrons. The summed E-state index contributed by atoms with van der Waals surface area (Å²) in [5.41, 5.74) is 2.62. The van der Waals surface area contributed by atoms with Crippen LogP contribution in [0, 0.1) is 23.7 Å². The van der Waals surface area contributed by atoms with Gasteiger partial charge in [0.15, 0.2) is 0 Å². The third kappa shape index (κ3) is 1.98. The van der Waals surface area contributed by atoms with E-state index in [4.69, 9.17) is 0 Å². The third-order valence-electron chi connectivity index (χ3n) is 4.46. The molecule has 2 aliphatic carbocycles. The van der Waals surface area contributed by atoms with Crippen molar-refractivity contribution in [1.29, 1.82) is 0 Å². The quantitative estimate of drug-likeness (QED) is 0.670. The van der Waals surface area contributed by atoms with Gasteiger partial charge in [0.05, 0.1) is 6.10 Å². The Labute approximate surface area is 99.3 Å². The van der Waals surface area contributed by atoms with Crippen LogP contribution in [0.15, 0.2) is 23.3 Å². The zero-order valence-electron chi connectivity index (χ0n) is 10.9. The summed E-state index contributed by atoms with van der Waals surface area (Å²) in [6, 6.07) is 0. The van der Waals surface area contributed by atoms with E-state index in [1.54, 1.807) is 0 Å². The van der Waals surface area contributed by atoms with Crippen LogP contribution in [0.25, 0.3) is 0 Å². The third-order valence-corrected chi connectivity index (χ3v) is 4.46. The van der Waals surface area contributed by atoms with Crippen LogP contribution in [0.1, 0.15) is 40.5 Å². The van der Waals surface area contributed by atoms with Crippen LogP contribution >= 0.6 is 0 Å². The van der Waals surface area contributed by atoms with Gasteiger partial charge < -0.3 is 5.11 Å².